The summed E-state index contributed by atoms with van der Waals surface area (Å²) >= 11 is 6.45. The Morgan fingerprint density at radius 3 is 2.50 bits per heavy atom. The van der Waals surface area contributed by atoms with Crippen molar-refractivity contribution in [2.45, 2.75) is 12.5 Å². The number of carboxylic acid groups (broad SMARTS) is 1. The SMILES string of the molecule is COc1ccc(-n2c(C(Cc3cc(F)cc(F)c3)NC(=O)O)nc3ccccc3c2=O)c(Cl)c1. The zero-order valence-electron chi connectivity index (χ0n) is 17.8. The number of nitrogens with one attached hydrogen (secondary N) is 1. The first-order chi connectivity index (χ1) is 16.3. The lowest BCUT2D eigenvalue weighted by Gasteiger charge is -2.22. The number of halogens is 3. The number of aromatic nitrogens is 2. The number of para-hydroxylation sites is 1. The Morgan fingerprint density at radius 2 is 1.85 bits per heavy atom. The molecule has 0 radical (unpaired) electrons. The summed E-state index contributed by atoms with van der Waals surface area (Å²) < 4.78 is 34.0. The lowest BCUT2D eigenvalue weighted by Crippen LogP contribution is -2.35. The van der Waals surface area contributed by atoms with Gasteiger partial charge in [-0.1, -0.05) is 23.7 Å². The van der Waals surface area contributed by atoms with Crippen LogP contribution < -0.4 is 15.6 Å². The van der Waals surface area contributed by atoms with E-state index in [4.69, 9.17) is 16.3 Å². The molecular formula is C24H18ClF2N3O4. The van der Waals surface area contributed by atoms with Gasteiger partial charge in [0, 0.05) is 18.6 Å². The third-order valence-corrected chi connectivity index (χ3v) is 5.47. The van der Waals surface area contributed by atoms with Crippen molar-refractivity contribution >= 4 is 28.6 Å². The topological polar surface area (TPSA) is 93.4 Å². The lowest BCUT2D eigenvalue weighted by atomic mass is 10.0. The van der Waals surface area contributed by atoms with Gasteiger partial charge in [0.2, 0.25) is 0 Å². The number of rotatable bonds is 6. The molecule has 0 saturated heterocycles. The second kappa shape index (κ2) is 9.48. The van der Waals surface area contributed by atoms with Gasteiger partial charge in [0.25, 0.3) is 5.56 Å². The van der Waals surface area contributed by atoms with E-state index >= 15 is 0 Å². The summed E-state index contributed by atoms with van der Waals surface area (Å²) in [5.41, 5.74) is 0.246. The maximum Gasteiger partial charge on any atom is 0.405 e. The molecule has 1 heterocycles. The highest BCUT2D eigenvalue weighted by molar-refractivity contribution is 6.32. The molecule has 1 aromatic heterocycles. The van der Waals surface area contributed by atoms with Gasteiger partial charge in [-0.3, -0.25) is 9.36 Å². The molecule has 1 amide bonds. The molecule has 4 rings (SSSR count). The van der Waals surface area contributed by atoms with E-state index in [1.807, 2.05) is 0 Å². The van der Waals surface area contributed by atoms with E-state index in [2.05, 4.69) is 10.3 Å². The number of hydrogen-bond acceptors (Lipinski definition) is 4. The fourth-order valence-corrected chi connectivity index (χ4v) is 3.99. The van der Waals surface area contributed by atoms with Crippen molar-refractivity contribution in [3.05, 3.63) is 99.1 Å². The normalized spacial score (nSPS) is 11.9. The molecule has 0 spiro atoms. The number of ether oxygens (including phenoxy) is 1. The smallest absolute Gasteiger partial charge is 0.405 e. The Morgan fingerprint density at radius 1 is 1.15 bits per heavy atom. The van der Waals surface area contributed by atoms with Crippen LogP contribution in [0, 0.1) is 11.6 Å². The monoisotopic (exact) mass is 485 g/mol. The van der Waals surface area contributed by atoms with E-state index in [0.717, 1.165) is 12.1 Å². The molecular weight excluding hydrogens is 468 g/mol. The molecule has 174 valence electrons. The summed E-state index contributed by atoms with van der Waals surface area (Å²) in [6, 6.07) is 12.9. The number of nitrogens with zero attached hydrogens (tertiary/aromatic N) is 2. The van der Waals surface area contributed by atoms with Crippen molar-refractivity contribution in [1.29, 1.82) is 0 Å². The van der Waals surface area contributed by atoms with Crippen LogP contribution in [0.3, 0.4) is 0 Å². The second-order valence-corrected chi connectivity index (χ2v) is 7.84. The molecule has 10 heteroatoms. The van der Waals surface area contributed by atoms with Crippen molar-refractivity contribution < 1.29 is 23.4 Å². The van der Waals surface area contributed by atoms with Crippen LogP contribution in [0.4, 0.5) is 13.6 Å². The lowest BCUT2D eigenvalue weighted by molar-refractivity contribution is 0.189. The first kappa shape index (κ1) is 23.2. The molecule has 1 unspecified atom stereocenters. The minimum absolute atomic E-state index is 0.00263. The van der Waals surface area contributed by atoms with Crippen molar-refractivity contribution in [2.75, 3.05) is 7.11 Å². The summed E-state index contributed by atoms with van der Waals surface area (Å²) in [6.45, 7) is 0. The number of carbonyl (C=O) groups is 1. The molecule has 0 fully saturated rings. The van der Waals surface area contributed by atoms with Gasteiger partial charge in [-0.25, -0.2) is 18.6 Å². The average Bonchev–Trinajstić information content (AvgIpc) is 2.78. The zero-order chi connectivity index (χ0) is 24.4. The number of fused-ring (bicyclic) bond motifs is 1. The molecule has 1 atom stereocenters. The highest BCUT2D eigenvalue weighted by Gasteiger charge is 2.25. The van der Waals surface area contributed by atoms with E-state index in [-0.39, 0.29) is 33.9 Å². The second-order valence-electron chi connectivity index (χ2n) is 7.43. The summed E-state index contributed by atoms with van der Waals surface area (Å²) in [7, 11) is 1.46. The molecule has 0 aliphatic carbocycles. The molecule has 0 aliphatic rings. The van der Waals surface area contributed by atoms with Crippen LogP contribution in [0.1, 0.15) is 17.4 Å². The summed E-state index contributed by atoms with van der Waals surface area (Å²) in [5, 5.41) is 12.2. The van der Waals surface area contributed by atoms with E-state index in [1.54, 1.807) is 36.4 Å². The van der Waals surface area contributed by atoms with E-state index in [1.165, 1.54) is 17.7 Å². The minimum Gasteiger partial charge on any atom is -0.497 e. The van der Waals surface area contributed by atoms with Gasteiger partial charge in [0.15, 0.2) is 0 Å². The molecule has 0 saturated carbocycles. The predicted octanol–water partition coefficient (Wildman–Crippen LogP) is 4.88. The number of benzene rings is 3. The van der Waals surface area contributed by atoms with Crippen LogP contribution in [-0.4, -0.2) is 27.9 Å². The summed E-state index contributed by atoms with van der Waals surface area (Å²) in [5.74, 6) is -1.17. The maximum absolute atomic E-state index is 13.8. The van der Waals surface area contributed by atoms with Crippen LogP contribution in [0.2, 0.25) is 5.02 Å². The Bertz CT molecular complexity index is 1440. The molecule has 3 aromatic carbocycles. The van der Waals surface area contributed by atoms with E-state index in [0.29, 0.717) is 17.3 Å². The quantitative estimate of drug-likeness (QED) is 0.406. The fourth-order valence-electron chi connectivity index (χ4n) is 3.73. The van der Waals surface area contributed by atoms with Gasteiger partial charge in [0.05, 0.1) is 34.8 Å². The molecule has 0 bridgehead atoms. The van der Waals surface area contributed by atoms with E-state index < -0.39 is 29.3 Å². The van der Waals surface area contributed by atoms with Gasteiger partial charge in [-0.05, 0) is 42.0 Å². The third kappa shape index (κ3) is 4.69. The highest BCUT2D eigenvalue weighted by atomic mass is 35.5. The van der Waals surface area contributed by atoms with Gasteiger partial charge < -0.3 is 15.2 Å². The standard InChI is InChI=1S/C24H18ClF2N3O4/c1-34-16-6-7-21(18(25)12-16)30-22(28-19-5-3-2-4-17(19)23(30)31)20(29-24(32)33)10-13-8-14(26)11-15(27)9-13/h2-9,11-12,20,29H,10H2,1H3,(H,32,33). The van der Waals surface area contributed by atoms with Crippen molar-refractivity contribution in [1.82, 2.24) is 14.9 Å². The molecule has 0 aliphatic heterocycles. The number of methoxy groups -OCH3 is 1. The first-order valence-electron chi connectivity index (χ1n) is 10.1. The highest BCUT2D eigenvalue weighted by Crippen LogP contribution is 2.29. The number of hydrogen-bond donors (Lipinski definition) is 2. The molecule has 4 aromatic rings. The summed E-state index contributed by atoms with van der Waals surface area (Å²) in [4.78, 5) is 29.7. The molecule has 34 heavy (non-hydrogen) atoms. The third-order valence-electron chi connectivity index (χ3n) is 5.17. The Hall–Kier alpha value is -3.98. The van der Waals surface area contributed by atoms with Gasteiger partial charge >= 0.3 is 6.09 Å². The Balaban J connectivity index is 1.98. The van der Waals surface area contributed by atoms with Crippen molar-refractivity contribution in [2.24, 2.45) is 0 Å². The number of amides is 1. The maximum atomic E-state index is 13.8. The van der Waals surface area contributed by atoms with E-state index in [9.17, 15) is 23.5 Å². The van der Waals surface area contributed by atoms with Crippen molar-refractivity contribution in [3.63, 3.8) is 0 Å². The van der Waals surface area contributed by atoms with Crippen LogP contribution in [-0.2, 0) is 6.42 Å². The van der Waals surface area contributed by atoms with Crippen molar-refractivity contribution in [3.8, 4) is 11.4 Å². The predicted molar refractivity (Wildman–Crippen MR) is 123 cm³/mol. The first-order valence-corrected chi connectivity index (χ1v) is 10.4. The van der Waals surface area contributed by atoms with Crippen LogP contribution in [0.5, 0.6) is 5.75 Å². The Labute approximate surface area is 197 Å². The zero-order valence-corrected chi connectivity index (χ0v) is 18.5. The largest absolute Gasteiger partial charge is 0.497 e. The van der Waals surface area contributed by atoms with Crippen LogP contribution in [0.15, 0.2) is 65.5 Å². The van der Waals surface area contributed by atoms with Gasteiger partial charge in [0.1, 0.15) is 23.2 Å². The van der Waals surface area contributed by atoms with Gasteiger partial charge in [-0.15, -0.1) is 0 Å². The Kier molecular flexibility index (Phi) is 6.47. The summed E-state index contributed by atoms with van der Waals surface area (Å²) in [6.07, 6.45) is -1.59. The van der Waals surface area contributed by atoms with Crippen LogP contribution >= 0.6 is 11.6 Å². The minimum atomic E-state index is -1.41. The molecule has 2 N–H and O–H groups in total. The fraction of sp³-hybridized carbons (Fsp3) is 0.125. The molecule has 7 nitrogen and oxygen atoms in total. The van der Waals surface area contributed by atoms with Gasteiger partial charge in [-0.2, -0.15) is 0 Å². The van der Waals surface area contributed by atoms with Crippen LogP contribution in [0.25, 0.3) is 16.6 Å². The average molecular weight is 486 g/mol.